The van der Waals surface area contributed by atoms with Gasteiger partial charge in [-0.2, -0.15) is 0 Å². The van der Waals surface area contributed by atoms with E-state index in [4.69, 9.17) is 10.2 Å². The fourth-order valence-corrected chi connectivity index (χ4v) is 1.06. The van der Waals surface area contributed by atoms with E-state index in [9.17, 15) is 0 Å². The Morgan fingerprint density at radius 3 is 1.10 bits per heavy atom. The number of hydrogen-bond donors (Lipinski definition) is 2. The molecule has 2 nitrogen and oxygen atoms in total. The first-order valence-corrected chi connectivity index (χ1v) is 3.15. The second-order valence-electron chi connectivity index (χ2n) is 2.46. The summed E-state index contributed by atoms with van der Waals surface area (Å²) in [4.78, 5) is 0. The molecular weight excluding hydrogens is 150 g/mol. The largest absolute Gasteiger partial charge is 0.393 e. The number of aliphatic hydroxyl groups is 2. The van der Waals surface area contributed by atoms with E-state index in [2.05, 4.69) is 0 Å². The van der Waals surface area contributed by atoms with Crippen LogP contribution in [0.15, 0.2) is 0 Å². The van der Waals surface area contributed by atoms with Crippen molar-refractivity contribution in [2.24, 2.45) is 0 Å². The van der Waals surface area contributed by atoms with Crippen LogP contribution in [0.3, 0.4) is 0 Å². The van der Waals surface area contributed by atoms with Crippen molar-refractivity contribution >= 4 is 59.1 Å². The summed E-state index contributed by atoms with van der Waals surface area (Å²) < 4.78 is 0. The predicted octanol–water partition coefficient (Wildman–Crippen LogP) is -0.479. The molecule has 1 aliphatic carbocycles. The Hall–Kier alpha value is 1.92. The molecule has 1 fully saturated rings. The van der Waals surface area contributed by atoms with Crippen molar-refractivity contribution in [2.45, 2.75) is 37.9 Å². The van der Waals surface area contributed by atoms with Gasteiger partial charge < -0.3 is 10.2 Å². The van der Waals surface area contributed by atoms with Crippen LogP contribution in [-0.4, -0.2) is 81.5 Å². The van der Waals surface area contributed by atoms with Crippen LogP contribution in [0.1, 0.15) is 25.7 Å². The molecule has 0 unspecified atom stereocenters. The molecule has 2 radical (unpaired) electrons. The van der Waals surface area contributed by atoms with Gasteiger partial charge in [0.2, 0.25) is 0 Å². The maximum Gasteiger partial charge on any atom is 0.0542 e. The maximum absolute atomic E-state index is 8.92. The van der Waals surface area contributed by atoms with Gasteiger partial charge in [0, 0.05) is 59.1 Å². The molecule has 0 aromatic carbocycles. The SMILES string of the molecule is OC1CCC(O)CC1.[Na].[Na]. The minimum Gasteiger partial charge on any atom is -0.393 e. The van der Waals surface area contributed by atoms with Crippen molar-refractivity contribution < 1.29 is 10.2 Å². The van der Waals surface area contributed by atoms with E-state index in [1.807, 2.05) is 0 Å². The van der Waals surface area contributed by atoms with E-state index in [1.165, 1.54) is 0 Å². The summed E-state index contributed by atoms with van der Waals surface area (Å²) in [6, 6.07) is 0. The maximum atomic E-state index is 8.92. The van der Waals surface area contributed by atoms with Gasteiger partial charge in [0.05, 0.1) is 12.2 Å². The quantitative estimate of drug-likeness (QED) is 0.472. The first kappa shape index (κ1) is 14.4. The molecule has 4 heteroatoms. The second kappa shape index (κ2) is 7.56. The normalized spacial score (nSPS) is 31.8. The van der Waals surface area contributed by atoms with Gasteiger partial charge in [-0.05, 0) is 25.7 Å². The van der Waals surface area contributed by atoms with Crippen LogP contribution in [0.5, 0.6) is 0 Å². The Balaban J connectivity index is 0. The van der Waals surface area contributed by atoms with E-state index < -0.39 is 0 Å². The Morgan fingerprint density at radius 2 is 0.900 bits per heavy atom. The molecule has 0 aromatic heterocycles. The average Bonchev–Trinajstić information content (AvgIpc) is 1.77. The molecule has 0 heterocycles. The first-order chi connectivity index (χ1) is 3.79. The molecule has 10 heavy (non-hydrogen) atoms. The fourth-order valence-electron chi connectivity index (χ4n) is 1.06. The smallest absolute Gasteiger partial charge is 0.0542 e. The van der Waals surface area contributed by atoms with Gasteiger partial charge in [0.1, 0.15) is 0 Å². The first-order valence-electron chi connectivity index (χ1n) is 3.15. The zero-order chi connectivity index (χ0) is 5.98. The van der Waals surface area contributed by atoms with Gasteiger partial charge in [0.15, 0.2) is 0 Å². The van der Waals surface area contributed by atoms with Gasteiger partial charge >= 0.3 is 0 Å². The standard InChI is InChI=1S/C6H12O2.2Na/c7-5-1-2-6(8)4-3-5;;/h5-8H,1-4H2;;. The van der Waals surface area contributed by atoms with E-state index in [0.717, 1.165) is 25.7 Å². The summed E-state index contributed by atoms with van der Waals surface area (Å²) in [6.07, 6.45) is 2.83. The van der Waals surface area contributed by atoms with Crippen molar-refractivity contribution in [1.29, 1.82) is 0 Å². The summed E-state index contributed by atoms with van der Waals surface area (Å²) in [6.45, 7) is 0. The number of hydrogen-bond acceptors (Lipinski definition) is 2. The average molecular weight is 162 g/mol. The van der Waals surface area contributed by atoms with Gasteiger partial charge in [-0.3, -0.25) is 0 Å². The summed E-state index contributed by atoms with van der Waals surface area (Å²) >= 11 is 0. The summed E-state index contributed by atoms with van der Waals surface area (Å²) in [7, 11) is 0. The van der Waals surface area contributed by atoms with E-state index in [-0.39, 0.29) is 71.3 Å². The third kappa shape index (κ3) is 5.56. The molecule has 2 N–H and O–H groups in total. The summed E-state index contributed by atoms with van der Waals surface area (Å²) in [5, 5.41) is 17.8. The Morgan fingerprint density at radius 1 is 0.700 bits per heavy atom. The van der Waals surface area contributed by atoms with Gasteiger partial charge in [0.25, 0.3) is 0 Å². The molecule has 50 valence electrons. The third-order valence-corrected chi connectivity index (χ3v) is 1.67. The van der Waals surface area contributed by atoms with Crippen molar-refractivity contribution in [1.82, 2.24) is 0 Å². The van der Waals surface area contributed by atoms with Crippen LogP contribution >= 0.6 is 0 Å². The van der Waals surface area contributed by atoms with E-state index in [1.54, 1.807) is 0 Å². The zero-order valence-electron chi connectivity index (χ0n) is 6.88. The molecule has 0 saturated heterocycles. The van der Waals surface area contributed by atoms with Crippen LogP contribution in [0.4, 0.5) is 0 Å². The van der Waals surface area contributed by atoms with Crippen LogP contribution in [-0.2, 0) is 0 Å². The van der Waals surface area contributed by atoms with E-state index >= 15 is 0 Å². The van der Waals surface area contributed by atoms with E-state index in [0.29, 0.717) is 0 Å². The summed E-state index contributed by atoms with van der Waals surface area (Å²) in [5.41, 5.74) is 0. The van der Waals surface area contributed by atoms with Crippen LogP contribution < -0.4 is 0 Å². The van der Waals surface area contributed by atoms with Crippen molar-refractivity contribution in [3.8, 4) is 0 Å². The van der Waals surface area contributed by atoms with Crippen LogP contribution in [0.2, 0.25) is 0 Å². The number of aliphatic hydroxyl groups excluding tert-OH is 2. The fraction of sp³-hybridized carbons (Fsp3) is 1.00. The zero-order valence-corrected chi connectivity index (χ0v) is 10.9. The summed E-state index contributed by atoms with van der Waals surface area (Å²) in [5.74, 6) is 0. The minimum atomic E-state index is -0.140. The molecule has 1 aliphatic rings. The topological polar surface area (TPSA) is 40.5 Å². The molecule has 0 spiro atoms. The van der Waals surface area contributed by atoms with Crippen molar-refractivity contribution in [3.05, 3.63) is 0 Å². The molecule has 0 amide bonds. The monoisotopic (exact) mass is 162 g/mol. The Labute approximate surface area is 106 Å². The predicted molar refractivity (Wildman–Crippen MR) is 42.0 cm³/mol. The molecule has 0 aromatic rings. The third-order valence-electron chi connectivity index (χ3n) is 1.67. The van der Waals surface area contributed by atoms with Crippen LogP contribution in [0.25, 0.3) is 0 Å². The molecule has 0 bridgehead atoms. The Kier molecular flexibility index (Phi) is 10.9. The van der Waals surface area contributed by atoms with Crippen molar-refractivity contribution in [2.75, 3.05) is 0 Å². The molecule has 0 atom stereocenters. The van der Waals surface area contributed by atoms with Crippen LogP contribution in [0, 0.1) is 0 Å². The second-order valence-corrected chi connectivity index (χ2v) is 2.46. The molecular formula is C6H12Na2O2. The Bertz CT molecular complexity index is 62.1. The number of rotatable bonds is 0. The minimum absolute atomic E-state index is 0. The van der Waals surface area contributed by atoms with Gasteiger partial charge in [-0.1, -0.05) is 0 Å². The molecule has 1 rings (SSSR count). The van der Waals surface area contributed by atoms with Crippen molar-refractivity contribution in [3.63, 3.8) is 0 Å². The molecule has 0 aliphatic heterocycles. The van der Waals surface area contributed by atoms with Gasteiger partial charge in [-0.25, -0.2) is 0 Å². The molecule has 1 saturated carbocycles. The van der Waals surface area contributed by atoms with Gasteiger partial charge in [-0.15, -0.1) is 0 Å².